The van der Waals surface area contributed by atoms with Gasteiger partial charge in [0.1, 0.15) is 11.9 Å². The van der Waals surface area contributed by atoms with Gasteiger partial charge in [-0.3, -0.25) is 4.99 Å². The highest BCUT2D eigenvalue weighted by Gasteiger charge is 2.38. The lowest BCUT2D eigenvalue weighted by Gasteiger charge is -2.33. The first-order valence-electron chi connectivity index (χ1n) is 17.1. The lowest BCUT2D eigenvalue weighted by molar-refractivity contribution is 0.661. The number of para-hydroxylation sites is 1. The Morgan fingerprint density at radius 2 is 1.72 bits per heavy atom. The van der Waals surface area contributed by atoms with Crippen LogP contribution < -0.4 is 5.32 Å². The molecule has 50 heavy (non-hydrogen) atoms. The number of aliphatic imine (C=N–C) groups is 1. The maximum Gasteiger partial charge on any atom is 0.133 e. The average molecular weight is 645 g/mol. The summed E-state index contributed by atoms with van der Waals surface area (Å²) in [6.45, 7) is 4.59. The second-order valence-electron chi connectivity index (χ2n) is 14.0. The maximum atomic E-state index is 10.8. The van der Waals surface area contributed by atoms with E-state index in [0.717, 1.165) is 51.7 Å². The minimum atomic E-state index is -0.559. The van der Waals surface area contributed by atoms with Crippen molar-refractivity contribution in [3.8, 4) is 35.0 Å². The summed E-state index contributed by atoms with van der Waals surface area (Å²) in [4.78, 5) is 5.19. The van der Waals surface area contributed by atoms with Gasteiger partial charge in [0.2, 0.25) is 0 Å². The zero-order chi connectivity index (χ0) is 34.1. The topological polar surface area (TPSA) is 101 Å². The van der Waals surface area contributed by atoms with Crippen molar-refractivity contribution in [2.24, 2.45) is 10.9 Å². The van der Waals surface area contributed by atoms with E-state index in [9.17, 15) is 15.8 Å². The van der Waals surface area contributed by atoms with E-state index in [0.29, 0.717) is 29.1 Å². The Balaban J connectivity index is 1.28. The van der Waals surface area contributed by atoms with Gasteiger partial charge < -0.3 is 9.88 Å². The third-order valence-electron chi connectivity index (χ3n) is 10.9. The van der Waals surface area contributed by atoms with Crippen molar-refractivity contribution >= 4 is 27.6 Å². The monoisotopic (exact) mass is 644 g/mol. The number of allylic oxidation sites excluding steroid dienone is 4. The number of nitrogens with one attached hydrogen (secondary N) is 1. The van der Waals surface area contributed by atoms with Gasteiger partial charge in [-0.2, -0.15) is 15.8 Å². The van der Waals surface area contributed by atoms with Gasteiger partial charge in [-0.05, 0) is 53.3 Å². The van der Waals surface area contributed by atoms with Crippen molar-refractivity contribution in [2.45, 2.75) is 44.6 Å². The van der Waals surface area contributed by atoms with Crippen LogP contribution in [0.4, 0.5) is 0 Å². The zero-order valence-electron chi connectivity index (χ0n) is 27.8. The zero-order valence-corrected chi connectivity index (χ0v) is 27.8. The quantitative estimate of drug-likeness (QED) is 0.211. The van der Waals surface area contributed by atoms with Gasteiger partial charge in [-0.25, -0.2) is 0 Å². The van der Waals surface area contributed by atoms with E-state index in [1.54, 1.807) is 0 Å². The van der Waals surface area contributed by atoms with E-state index in [1.165, 1.54) is 27.6 Å². The highest BCUT2D eigenvalue weighted by atomic mass is 15.1. The van der Waals surface area contributed by atoms with Crippen LogP contribution in [0.25, 0.3) is 38.6 Å². The van der Waals surface area contributed by atoms with Crippen LogP contribution in [0.3, 0.4) is 0 Å². The van der Waals surface area contributed by atoms with E-state index in [1.807, 2.05) is 18.2 Å². The second-order valence-corrected chi connectivity index (χ2v) is 14.0. The highest BCUT2D eigenvalue weighted by Crippen LogP contribution is 2.53. The van der Waals surface area contributed by atoms with Crippen molar-refractivity contribution in [2.75, 3.05) is 0 Å². The second kappa shape index (κ2) is 11.1. The lowest BCUT2D eigenvalue weighted by atomic mass is 9.82. The standard InChI is InChI=1S/C44H32N6/c1-44(2)36-14-8-6-13-34(36)39-37(44)19-18-33-32-12-7-9-15-38(32)50(42(33)39)30-16-17-31(28(22-30)24-46)41-35-21-26(23-45)20-29(25-47)40(35)48-43(49-41)27-10-4-3-5-11-27/h4,6-19,21-22,26,41H,3,5,20H2,1-2H3,(H,48,49). The molecule has 2 heterocycles. The summed E-state index contributed by atoms with van der Waals surface area (Å²) in [5, 5.41) is 36.6. The van der Waals surface area contributed by atoms with Crippen LogP contribution in [0, 0.1) is 39.9 Å². The molecule has 6 heteroatoms. The molecule has 0 radical (unpaired) electrons. The van der Waals surface area contributed by atoms with E-state index in [-0.39, 0.29) is 5.41 Å². The van der Waals surface area contributed by atoms with Gasteiger partial charge in [0.25, 0.3) is 0 Å². The van der Waals surface area contributed by atoms with Gasteiger partial charge in [-0.1, -0.05) is 98.8 Å². The maximum absolute atomic E-state index is 10.8. The molecule has 9 rings (SSSR count). The molecule has 3 aliphatic carbocycles. The Morgan fingerprint density at radius 3 is 2.52 bits per heavy atom. The molecule has 2 atom stereocenters. The molecular weight excluding hydrogens is 613 g/mol. The number of hydrogen-bond acceptors (Lipinski definition) is 5. The molecule has 0 saturated heterocycles. The minimum absolute atomic E-state index is 0.153. The normalized spacial score (nSPS) is 20.0. The largest absolute Gasteiger partial charge is 0.339 e. The molecule has 1 aliphatic heterocycles. The fourth-order valence-electron chi connectivity index (χ4n) is 8.47. The summed E-state index contributed by atoms with van der Waals surface area (Å²) in [6.07, 6.45) is 10.5. The summed E-state index contributed by atoms with van der Waals surface area (Å²) in [7, 11) is 0. The predicted octanol–water partition coefficient (Wildman–Crippen LogP) is 9.53. The summed E-state index contributed by atoms with van der Waals surface area (Å²) in [5.41, 5.74) is 12.2. The molecule has 1 N–H and O–H groups in total. The molecule has 0 fully saturated rings. The molecule has 238 valence electrons. The third kappa shape index (κ3) is 4.21. The van der Waals surface area contributed by atoms with Crippen LogP contribution >= 0.6 is 0 Å². The summed E-state index contributed by atoms with van der Waals surface area (Å²) in [5.74, 6) is 0.225. The first-order valence-corrected chi connectivity index (χ1v) is 17.1. The van der Waals surface area contributed by atoms with Crippen LogP contribution in [-0.4, -0.2) is 10.4 Å². The van der Waals surface area contributed by atoms with Crippen molar-refractivity contribution in [3.05, 3.63) is 148 Å². The Morgan fingerprint density at radius 1 is 0.880 bits per heavy atom. The molecular formula is C44H32N6. The van der Waals surface area contributed by atoms with Gasteiger partial charge >= 0.3 is 0 Å². The van der Waals surface area contributed by atoms with Gasteiger partial charge in [0.05, 0.1) is 52.0 Å². The number of rotatable bonds is 3. The van der Waals surface area contributed by atoms with Crippen molar-refractivity contribution in [1.82, 2.24) is 9.88 Å². The van der Waals surface area contributed by atoms with Crippen LogP contribution in [-0.2, 0) is 5.41 Å². The van der Waals surface area contributed by atoms with Crippen molar-refractivity contribution < 1.29 is 0 Å². The van der Waals surface area contributed by atoms with E-state index in [2.05, 4.69) is 127 Å². The fraction of sp³-hybridized carbons (Fsp3) is 0.182. The molecule has 2 unspecified atom stereocenters. The molecule has 1 aromatic heterocycles. The summed E-state index contributed by atoms with van der Waals surface area (Å²) in [6, 6.07) is 34.4. The van der Waals surface area contributed by atoms with Gasteiger partial charge in [-0.15, -0.1) is 0 Å². The molecule has 5 aromatic rings. The Hall–Kier alpha value is -6.42. The number of nitrogens with zero attached hydrogens (tertiary/aromatic N) is 5. The fourth-order valence-corrected chi connectivity index (χ4v) is 8.47. The van der Waals surface area contributed by atoms with Crippen LogP contribution in [0.1, 0.15) is 61.4 Å². The molecule has 6 nitrogen and oxygen atoms in total. The molecule has 4 aliphatic rings. The van der Waals surface area contributed by atoms with E-state index in [4.69, 9.17) is 4.99 Å². The summed E-state index contributed by atoms with van der Waals surface area (Å²) >= 11 is 0. The Kier molecular flexibility index (Phi) is 6.57. The van der Waals surface area contributed by atoms with Crippen LogP contribution in [0.5, 0.6) is 0 Å². The SMILES string of the molecule is CC1(C)c2ccccc2-c2c1ccc1c3ccccc3n(-c3ccc(C4N=C(C5=CCCC=C5)NC5=C(C#N)CC(C#N)C=C54)c(C#N)c3)c21. The predicted molar refractivity (Wildman–Crippen MR) is 197 cm³/mol. The molecule has 0 amide bonds. The van der Waals surface area contributed by atoms with Crippen molar-refractivity contribution in [1.29, 1.82) is 15.8 Å². The average Bonchev–Trinajstić information content (AvgIpc) is 3.62. The molecule has 0 saturated carbocycles. The molecule has 0 spiro atoms. The summed E-state index contributed by atoms with van der Waals surface area (Å²) < 4.78 is 2.31. The van der Waals surface area contributed by atoms with E-state index < -0.39 is 12.0 Å². The van der Waals surface area contributed by atoms with Crippen LogP contribution in [0.2, 0.25) is 0 Å². The number of amidine groups is 1. The van der Waals surface area contributed by atoms with Gasteiger partial charge in [0, 0.05) is 45.0 Å². The molecule has 0 bridgehead atoms. The first-order chi connectivity index (χ1) is 24.4. The number of benzene rings is 4. The molecule has 4 aromatic carbocycles. The van der Waals surface area contributed by atoms with E-state index >= 15 is 0 Å². The van der Waals surface area contributed by atoms with Gasteiger partial charge in [0.15, 0.2) is 0 Å². The lowest BCUT2D eigenvalue weighted by Crippen LogP contribution is -2.35. The number of aromatic nitrogens is 1. The Labute approximate surface area is 290 Å². The Bertz CT molecular complexity index is 2620. The third-order valence-corrected chi connectivity index (χ3v) is 10.9. The number of nitriles is 3. The smallest absolute Gasteiger partial charge is 0.133 e. The first kappa shape index (κ1) is 29.7. The minimum Gasteiger partial charge on any atom is -0.339 e. The number of fused-ring (bicyclic) bond motifs is 8. The van der Waals surface area contributed by atoms with Crippen molar-refractivity contribution in [3.63, 3.8) is 0 Å². The number of hydrogen-bond donors (Lipinski definition) is 1. The van der Waals surface area contributed by atoms with Crippen LogP contribution in [0.15, 0.2) is 131 Å². The highest BCUT2D eigenvalue weighted by molar-refractivity contribution is 6.15.